The molecule has 1 fully saturated rings. The van der Waals surface area contributed by atoms with Gasteiger partial charge in [0, 0.05) is 13.1 Å². The number of hydrogen-bond acceptors (Lipinski definition) is 4. The minimum atomic E-state index is -1.10. The molecule has 0 saturated carbocycles. The van der Waals surface area contributed by atoms with Crippen LogP contribution in [0.1, 0.15) is 10.5 Å². The van der Waals surface area contributed by atoms with Crippen molar-refractivity contribution in [2.75, 3.05) is 31.2 Å². The van der Waals surface area contributed by atoms with Gasteiger partial charge in [-0.2, -0.15) is 5.10 Å². The molecule has 2 rings (SSSR count). The van der Waals surface area contributed by atoms with Crippen LogP contribution in [0, 0.1) is 0 Å². The average Bonchev–Trinajstić information content (AvgIpc) is 2.61. The highest BCUT2D eigenvalue weighted by molar-refractivity contribution is 6.35. The lowest BCUT2D eigenvalue weighted by Gasteiger charge is -2.26. The minimum absolute atomic E-state index is 0.0711. The van der Waals surface area contributed by atoms with Crippen LogP contribution in [0.25, 0.3) is 0 Å². The maximum Gasteiger partial charge on any atom is 0.355 e. The van der Waals surface area contributed by atoms with Gasteiger partial charge in [0.1, 0.15) is 5.02 Å². The molecule has 0 amide bonds. The second-order valence-corrected chi connectivity index (χ2v) is 3.52. The van der Waals surface area contributed by atoms with Crippen molar-refractivity contribution < 1.29 is 14.6 Å². The molecule has 0 unspecified atom stereocenters. The number of ether oxygens (including phenoxy) is 1. The van der Waals surface area contributed by atoms with Crippen LogP contribution in [0.4, 0.5) is 5.82 Å². The molecule has 0 spiro atoms. The number of hydrogen-bond donors (Lipinski definition) is 2. The molecule has 15 heavy (non-hydrogen) atoms. The van der Waals surface area contributed by atoms with Crippen LogP contribution in [-0.2, 0) is 4.74 Å². The van der Waals surface area contributed by atoms with Crippen molar-refractivity contribution in [1.29, 1.82) is 0 Å². The SMILES string of the molecule is O=C(O)c1[nH]nc(N2CCOCC2)c1Cl. The number of aromatic carboxylic acids is 1. The Morgan fingerprint density at radius 2 is 2.20 bits per heavy atom. The van der Waals surface area contributed by atoms with Gasteiger partial charge in [0.25, 0.3) is 0 Å². The van der Waals surface area contributed by atoms with E-state index >= 15 is 0 Å². The quantitative estimate of drug-likeness (QED) is 0.779. The zero-order valence-electron chi connectivity index (χ0n) is 7.86. The summed E-state index contributed by atoms with van der Waals surface area (Å²) in [4.78, 5) is 12.6. The third-order valence-electron chi connectivity index (χ3n) is 2.21. The molecule has 82 valence electrons. The zero-order valence-corrected chi connectivity index (χ0v) is 8.62. The van der Waals surface area contributed by atoms with Crippen LogP contribution in [0.5, 0.6) is 0 Å². The molecule has 1 aliphatic heterocycles. The fraction of sp³-hybridized carbons (Fsp3) is 0.500. The van der Waals surface area contributed by atoms with Gasteiger partial charge >= 0.3 is 5.97 Å². The van der Waals surface area contributed by atoms with Crippen molar-refractivity contribution in [3.63, 3.8) is 0 Å². The van der Waals surface area contributed by atoms with E-state index in [4.69, 9.17) is 21.4 Å². The molecule has 1 saturated heterocycles. The number of carboxylic acid groups (broad SMARTS) is 1. The van der Waals surface area contributed by atoms with E-state index < -0.39 is 5.97 Å². The van der Waals surface area contributed by atoms with Gasteiger partial charge in [-0.25, -0.2) is 4.79 Å². The standard InChI is InChI=1S/C8H10ClN3O3/c9-5-6(8(13)14)10-11-7(5)12-1-3-15-4-2-12/h1-4H2,(H,10,11)(H,13,14). The fourth-order valence-electron chi connectivity index (χ4n) is 1.45. The Labute approximate surface area is 90.8 Å². The summed E-state index contributed by atoms with van der Waals surface area (Å²) in [5, 5.41) is 15.2. The van der Waals surface area contributed by atoms with Crippen molar-refractivity contribution in [3.05, 3.63) is 10.7 Å². The molecule has 0 bridgehead atoms. The molecular formula is C8H10ClN3O3. The molecule has 0 atom stereocenters. The lowest BCUT2D eigenvalue weighted by molar-refractivity contribution is 0.0690. The number of nitrogens with zero attached hydrogens (tertiary/aromatic N) is 2. The van der Waals surface area contributed by atoms with E-state index in [1.165, 1.54) is 0 Å². The second-order valence-electron chi connectivity index (χ2n) is 3.14. The highest BCUT2D eigenvalue weighted by Gasteiger charge is 2.22. The lowest BCUT2D eigenvalue weighted by Crippen LogP contribution is -2.36. The van der Waals surface area contributed by atoms with E-state index in [-0.39, 0.29) is 10.7 Å². The highest BCUT2D eigenvalue weighted by Crippen LogP contribution is 2.26. The van der Waals surface area contributed by atoms with Crippen molar-refractivity contribution in [3.8, 4) is 0 Å². The van der Waals surface area contributed by atoms with Gasteiger partial charge in [0.05, 0.1) is 13.2 Å². The fourth-order valence-corrected chi connectivity index (χ4v) is 1.73. The molecule has 6 nitrogen and oxygen atoms in total. The van der Waals surface area contributed by atoms with Gasteiger partial charge in [-0.05, 0) is 0 Å². The van der Waals surface area contributed by atoms with Crippen molar-refractivity contribution in [1.82, 2.24) is 10.2 Å². The molecule has 0 aliphatic carbocycles. The Hall–Kier alpha value is -1.27. The molecule has 0 radical (unpaired) electrons. The van der Waals surface area contributed by atoms with E-state index in [1.807, 2.05) is 4.90 Å². The summed E-state index contributed by atoms with van der Waals surface area (Å²) in [7, 11) is 0. The first-order valence-electron chi connectivity index (χ1n) is 4.50. The number of aromatic nitrogens is 2. The van der Waals surface area contributed by atoms with Crippen molar-refractivity contribution >= 4 is 23.4 Å². The van der Waals surface area contributed by atoms with Gasteiger partial charge in [0.2, 0.25) is 0 Å². The van der Waals surface area contributed by atoms with Gasteiger partial charge < -0.3 is 14.7 Å². The van der Waals surface area contributed by atoms with Crippen LogP contribution >= 0.6 is 11.6 Å². The Morgan fingerprint density at radius 3 is 2.73 bits per heavy atom. The number of halogens is 1. The summed E-state index contributed by atoms with van der Waals surface area (Å²) >= 11 is 5.90. The number of anilines is 1. The monoisotopic (exact) mass is 231 g/mol. The maximum atomic E-state index is 10.7. The molecule has 1 aromatic heterocycles. The molecular weight excluding hydrogens is 222 g/mol. The number of H-pyrrole nitrogens is 1. The summed E-state index contributed by atoms with van der Waals surface area (Å²) < 4.78 is 5.18. The van der Waals surface area contributed by atoms with E-state index in [1.54, 1.807) is 0 Å². The minimum Gasteiger partial charge on any atom is -0.476 e. The Kier molecular flexibility index (Phi) is 2.79. The Balaban J connectivity index is 2.24. The number of rotatable bonds is 2. The van der Waals surface area contributed by atoms with E-state index in [0.717, 1.165) is 0 Å². The average molecular weight is 232 g/mol. The van der Waals surface area contributed by atoms with Crippen LogP contribution in [-0.4, -0.2) is 47.6 Å². The zero-order chi connectivity index (χ0) is 10.8. The van der Waals surface area contributed by atoms with E-state index in [2.05, 4.69) is 10.2 Å². The van der Waals surface area contributed by atoms with Crippen molar-refractivity contribution in [2.45, 2.75) is 0 Å². The number of morpholine rings is 1. The summed E-state index contributed by atoms with van der Waals surface area (Å²) in [6, 6.07) is 0. The number of carboxylic acids is 1. The molecule has 1 aromatic rings. The first-order valence-corrected chi connectivity index (χ1v) is 4.88. The number of carbonyl (C=O) groups is 1. The van der Waals surface area contributed by atoms with E-state index in [0.29, 0.717) is 32.1 Å². The number of aromatic amines is 1. The van der Waals surface area contributed by atoms with E-state index in [9.17, 15) is 4.79 Å². The highest BCUT2D eigenvalue weighted by atomic mass is 35.5. The largest absolute Gasteiger partial charge is 0.476 e. The normalized spacial score (nSPS) is 16.7. The molecule has 0 aromatic carbocycles. The predicted molar refractivity (Wildman–Crippen MR) is 53.6 cm³/mol. The third kappa shape index (κ3) is 1.91. The predicted octanol–water partition coefficient (Wildman–Crippen LogP) is 0.598. The van der Waals surface area contributed by atoms with Crippen LogP contribution < -0.4 is 4.90 Å². The summed E-state index contributed by atoms with van der Waals surface area (Å²) in [5.41, 5.74) is -0.0711. The van der Waals surface area contributed by atoms with Crippen LogP contribution in [0.2, 0.25) is 5.02 Å². The Bertz CT molecular complexity index is 373. The topological polar surface area (TPSA) is 78.4 Å². The van der Waals surface area contributed by atoms with Crippen LogP contribution in [0.15, 0.2) is 0 Å². The van der Waals surface area contributed by atoms with Crippen molar-refractivity contribution in [2.24, 2.45) is 0 Å². The lowest BCUT2D eigenvalue weighted by atomic mass is 10.3. The summed E-state index contributed by atoms with van der Waals surface area (Å²) in [6.45, 7) is 2.55. The molecule has 7 heteroatoms. The molecule has 2 N–H and O–H groups in total. The first-order chi connectivity index (χ1) is 7.20. The third-order valence-corrected chi connectivity index (χ3v) is 2.57. The van der Waals surface area contributed by atoms with Gasteiger partial charge in [0.15, 0.2) is 11.5 Å². The molecule has 2 heterocycles. The molecule has 1 aliphatic rings. The van der Waals surface area contributed by atoms with Gasteiger partial charge in [-0.1, -0.05) is 11.6 Å². The summed E-state index contributed by atoms with van der Waals surface area (Å²) in [5.74, 6) is -0.621. The first kappa shape index (κ1) is 10.3. The van der Waals surface area contributed by atoms with Gasteiger partial charge in [-0.3, -0.25) is 5.10 Å². The summed E-state index contributed by atoms with van der Waals surface area (Å²) in [6.07, 6.45) is 0. The second kappa shape index (κ2) is 4.08. The van der Waals surface area contributed by atoms with Crippen LogP contribution in [0.3, 0.4) is 0 Å². The maximum absolute atomic E-state index is 10.7. The number of nitrogens with one attached hydrogen (secondary N) is 1. The Morgan fingerprint density at radius 1 is 1.53 bits per heavy atom. The smallest absolute Gasteiger partial charge is 0.355 e. The van der Waals surface area contributed by atoms with Gasteiger partial charge in [-0.15, -0.1) is 0 Å².